The Labute approximate surface area is 84.5 Å². The van der Waals surface area contributed by atoms with E-state index in [1.165, 1.54) is 17.4 Å². The van der Waals surface area contributed by atoms with E-state index in [0.717, 1.165) is 10.9 Å². The van der Waals surface area contributed by atoms with Crippen LogP contribution in [-0.4, -0.2) is 15.3 Å². The Morgan fingerprint density at radius 1 is 1.07 bits per heavy atom. The van der Waals surface area contributed by atoms with Crippen LogP contribution in [0.15, 0.2) is 29.6 Å². The Hall–Kier alpha value is -1.68. The van der Waals surface area contributed by atoms with Crippen molar-refractivity contribution in [2.24, 2.45) is 0 Å². The lowest BCUT2D eigenvalue weighted by atomic mass is 10.1. The number of phenolic OH excluding ortho intramolecular Hbond substituents is 3. The largest absolute Gasteiger partial charge is 0.508 e. The number of phenols is 3. The van der Waals surface area contributed by atoms with Crippen LogP contribution in [0.2, 0.25) is 0 Å². The van der Waals surface area contributed by atoms with Gasteiger partial charge in [0.25, 0.3) is 0 Å². The molecule has 2 rings (SSSR count). The molecule has 14 heavy (non-hydrogen) atoms. The SMILES string of the molecule is Oc1cc(O)c(O)c(-c2cccs2)c1. The van der Waals surface area contributed by atoms with Gasteiger partial charge in [0.2, 0.25) is 0 Å². The molecule has 0 saturated heterocycles. The Balaban J connectivity index is 2.64. The molecule has 0 radical (unpaired) electrons. The average molecular weight is 208 g/mol. The molecule has 0 aliphatic carbocycles. The van der Waals surface area contributed by atoms with Crippen molar-refractivity contribution in [3.05, 3.63) is 29.6 Å². The third-order valence-corrected chi connectivity index (χ3v) is 2.76. The maximum atomic E-state index is 9.54. The van der Waals surface area contributed by atoms with Gasteiger partial charge >= 0.3 is 0 Å². The highest BCUT2D eigenvalue weighted by atomic mass is 32.1. The number of benzene rings is 1. The van der Waals surface area contributed by atoms with E-state index in [2.05, 4.69) is 0 Å². The third-order valence-electron chi connectivity index (χ3n) is 1.86. The van der Waals surface area contributed by atoms with Gasteiger partial charge in [0.15, 0.2) is 11.5 Å². The maximum absolute atomic E-state index is 9.54. The highest BCUT2D eigenvalue weighted by Crippen LogP contribution is 2.41. The fourth-order valence-electron chi connectivity index (χ4n) is 1.22. The van der Waals surface area contributed by atoms with Crippen LogP contribution in [-0.2, 0) is 0 Å². The fraction of sp³-hybridized carbons (Fsp3) is 0. The van der Waals surface area contributed by atoms with E-state index in [1.807, 2.05) is 11.4 Å². The Morgan fingerprint density at radius 2 is 1.86 bits per heavy atom. The van der Waals surface area contributed by atoms with Crippen molar-refractivity contribution >= 4 is 11.3 Å². The van der Waals surface area contributed by atoms with Crippen molar-refractivity contribution in [3.8, 4) is 27.7 Å². The molecule has 1 heterocycles. The predicted octanol–water partition coefficient (Wildman–Crippen LogP) is 2.53. The van der Waals surface area contributed by atoms with E-state index in [1.54, 1.807) is 6.07 Å². The first-order chi connectivity index (χ1) is 6.68. The van der Waals surface area contributed by atoms with Crippen LogP contribution in [0.25, 0.3) is 10.4 Å². The number of hydrogen-bond acceptors (Lipinski definition) is 4. The molecule has 0 spiro atoms. The predicted molar refractivity (Wildman–Crippen MR) is 54.7 cm³/mol. The first kappa shape index (κ1) is 8.90. The van der Waals surface area contributed by atoms with Crippen molar-refractivity contribution in [2.45, 2.75) is 0 Å². The summed E-state index contributed by atoms with van der Waals surface area (Å²) in [5, 5.41) is 29.9. The van der Waals surface area contributed by atoms with Gasteiger partial charge in [0.1, 0.15) is 5.75 Å². The Morgan fingerprint density at radius 3 is 2.50 bits per heavy atom. The Bertz CT molecular complexity index is 449. The van der Waals surface area contributed by atoms with Crippen LogP contribution in [0.3, 0.4) is 0 Å². The van der Waals surface area contributed by atoms with Crippen molar-refractivity contribution < 1.29 is 15.3 Å². The van der Waals surface area contributed by atoms with Crippen LogP contribution >= 0.6 is 11.3 Å². The summed E-state index contributed by atoms with van der Waals surface area (Å²) in [6.07, 6.45) is 0. The van der Waals surface area contributed by atoms with Crippen LogP contribution < -0.4 is 0 Å². The first-order valence-corrected chi connectivity index (χ1v) is 4.85. The Kier molecular flexibility index (Phi) is 2.05. The zero-order valence-corrected chi connectivity index (χ0v) is 7.95. The highest BCUT2D eigenvalue weighted by Gasteiger charge is 2.11. The molecule has 3 nitrogen and oxygen atoms in total. The lowest BCUT2D eigenvalue weighted by Gasteiger charge is -2.04. The quantitative estimate of drug-likeness (QED) is 0.498. The molecule has 2 aromatic rings. The lowest BCUT2D eigenvalue weighted by molar-refractivity contribution is 0.398. The third kappa shape index (κ3) is 1.40. The summed E-state index contributed by atoms with van der Waals surface area (Å²) in [5.41, 5.74) is 0.442. The molecule has 0 unspecified atom stereocenters. The van der Waals surface area contributed by atoms with E-state index in [-0.39, 0.29) is 17.2 Å². The molecule has 0 fully saturated rings. The minimum atomic E-state index is -0.312. The summed E-state index contributed by atoms with van der Waals surface area (Å²) in [6, 6.07) is 6.16. The average Bonchev–Trinajstić information content (AvgIpc) is 2.63. The molecule has 0 amide bonds. The van der Waals surface area contributed by atoms with E-state index in [0.29, 0.717) is 5.56 Å². The molecule has 0 aliphatic rings. The summed E-state index contributed by atoms with van der Waals surface area (Å²) in [5.74, 6) is -0.581. The van der Waals surface area contributed by atoms with E-state index in [4.69, 9.17) is 0 Å². The molecule has 0 bridgehead atoms. The van der Waals surface area contributed by atoms with E-state index >= 15 is 0 Å². The summed E-state index contributed by atoms with van der Waals surface area (Å²) in [4.78, 5) is 0.800. The number of hydrogen-bond donors (Lipinski definition) is 3. The monoisotopic (exact) mass is 208 g/mol. The van der Waals surface area contributed by atoms with Crippen LogP contribution in [0, 0.1) is 0 Å². The van der Waals surface area contributed by atoms with Crippen LogP contribution in [0.1, 0.15) is 0 Å². The second kappa shape index (κ2) is 3.23. The highest BCUT2D eigenvalue weighted by molar-refractivity contribution is 7.13. The topological polar surface area (TPSA) is 60.7 Å². The summed E-state index contributed by atoms with van der Waals surface area (Å²) < 4.78 is 0. The van der Waals surface area contributed by atoms with E-state index < -0.39 is 0 Å². The number of aromatic hydroxyl groups is 3. The summed E-state index contributed by atoms with van der Waals surface area (Å²) in [6.45, 7) is 0. The molecular formula is C10H8O3S. The maximum Gasteiger partial charge on any atom is 0.166 e. The molecular weight excluding hydrogens is 200 g/mol. The smallest absolute Gasteiger partial charge is 0.166 e. The normalized spacial score (nSPS) is 10.3. The minimum Gasteiger partial charge on any atom is -0.508 e. The van der Waals surface area contributed by atoms with Crippen molar-refractivity contribution in [1.29, 1.82) is 0 Å². The van der Waals surface area contributed by atoms with Crippen molar-refractivity contribution in [1.82, 2.24) is 0 Å². The molecule has 4 heteroatoms. The van der Waals surface area contributed by atoms with Gasteiger partial charge in [-0.25, -0.2) is 0 Å². The molecule has 1 aromatic heterocycles. The van der Waals surface area contributed by atoms with Gasteiger partial charge in [-0.15, -0.1) is 11.3 Å². The second-order valence-corrected chi connectivity index (χ2v) is 3.79. The van der Waals surface area contributed by atoms with Gasteiger partial charge in [-0.1, -0.05) is 6.07 Å². The molecule has 0 aliphatic heterocycles. The second-order valence-electron chi connectivity index (χ2n) is 2.84. The van der Waals surface area contributed by atoms with E-state index in [9.17, 15) is 15.3 Å². The van der Waals surface area contributed by atoms with Gasteiger partial charge < -0.3 is 15.3 Å². The number of rotatable bonds is 1. The fourth-order valence-corrected chi connectivity index (χ4v) is 1.97. The van der Waals surface area contributed by atoms with Gasteiger partial charge in [0.05, 0.1) is 0 Å². The van der Waals surface area contributed by atoms with Gasteiger partial charge in [-0.3, -0.25) is 0 Å². The van der Waals surface area contributed by atoms with Gasteiger partial charge in [-0.05, 0) is 17.5 Å². The van der Waals surface area contributed by atoms with Crippen LogP contribution in [0.5, 0.6) is 17.2 Å². The molecule has 1 aromatic carbocycles. The molecule has 0 saturated carbocycles. The summed E-state index contributed by atoms with van der Waals surface area (Å²) in [7, 11) is 0. The molecule has 0 atom stereocenters. The van der Waals surface area contributed by atoms with Crippen LogP contribution in [0.4, 0.5) is 0 Å². The molecule has 3 N–H and O–H groups in total. The summed E-state index contributed by atoms with van der Waals surface area (Å²) >= 11 is 1.43. The van der Waals surface area contributed by atoms with Gasteiger partial charge in [0, 0.05) is 16.5 Å². The zero-order valence-electron chi connectivity index (χ0n) is 7.14. The van der Waals surface area contributed by atoms with Gasteiger partial charge in [-0.2, -0.15) is 0 Å². The minimum absolute atomic E-state index is 0.0660. The lowest BCUT2D eigenvalue weighted by Crippen LogP contribution is -1.76. The zero-order chi connectivity index (χ0) is 10.1. The standard InChI is InChI=1S/C10H8O3S/c11-6-4-7(9-2-1-3-14-9)10(13)8(12)5-6/h1-5,11-13H. The van der Waals surface area contributed by atoms with Crippen molar-refractivity contribution in [2.75, 3.05) is 0 Å². The van der Waals surface area contributed by atoms with Crippen molar-refractivity contribution in [3.63, 3.8) is 0 Å². The molecule has 72 valence electrons. The first-order valence-electron chi connectivity index (χ1n) is 3.97. The number of thiophene rings is 1.